The number of nitrogens with zero attached hydrogens (tertiary/aromatic N) is 2. The highest BCUT2D eigenvalue weighted by Gasteiger charge is 2.26. The van der Waals surface area contributed by atoms with Crippen LogP contribution in [0.1, 0.15) is 26.2 Å². The van der Waals surface area contributed by atoms with Gasteiger partial charge in [0, 0.05) is 33.6 Å². The first-order chi connectivity index (χ1) is 8.54. The highest BCUT2D eigenvalue weighted by molar-refractivity contribution is 5.75. The quantitative estimate of drug-likeness (QED) is 0.681. The lowest BCUT2D eigenvalue weighted by atomic mass is 9.98. The summed E-state index contributed by atoms with van der Waals surface area (Å²) in [4.78, 5) is 27.0. The van der Waals surface area contributed by atoms with Gasteiger partial charge in [0.2, 0.25) is 5.91 Å². The summed E-state index contributed by atoms with van der Waals surface area (Å²) in [6, 6.07) is 0. The summed E-state index contributed by atoms with van der Waals surface area (Å²) in [6.45, 7) is 4.69. The van der Waals surface area contributed by atoms with Gasteiger partial charge in [-0.25, -0.2) is 0 Å². The summed E-state index contributed by atoms with van der Waals surface area (Å²) in [7, 11) is 3.53. The highest BCUT2D eigenvalue weighted by Crippen LogP contribution is 2.18. The van der Waals surface area contributed by atoms with E-state index in [0.717, 1.165) is 32.5 Å². The van der Waals surface area contributed by atoms with Gasteiger partial charge in [0.05, 0.1) is 12.5 Å². The van der Waals surface area contributed by atoms with Gasteiger partial charge in [-0.1, -0.05) is 0 Å². The lowest BCUT2D eigenvalue weighted by Crippen LogP contribution is -2.41. The Morgan fingerprint density at radius 1 is 1.39 bits per heavy atom. The second kappa shape index (κ2) is 7.36. The van der Waals surface area contributed by atoms with Crippen molar-refractivity contribution in [1.82, 2.24) is 9.80 Å². The minimum Gasteiger partial charge on any atom is -0.466 e. The van der Waals surface area contributed by atoms with E-state index >= 15 is 0 Å². The fraction of sp³-hybridized carbons (Fsp3) is 0.846. The molecule has 104 valence electrons. The molecule has 1 fully saturated rings. The molecule has 5 heteroatoms. The molecule has 1 aliphatic heterocycles. The number of hydrogen-bond acceptors (Lipinski definition) is 4. The molecule has 0 spiro atoms. The normalized spacial score (nSPS) is 20.5. The zero-order valence-corrected chi connectivity index (χ0v) is 11.6. The molecule has 5 nitrogen and oxygen atoms in total. The van der Waals surface area contributed by atoms with Gasteiger partial charge in [-0.05, 0) is 26.3 Å². The van der Waals surface area contributed by atoms with E-state index in [1.165, 1.54) is 0 Å². The molecule has 1 heterocycles. The van der Waals surface area contributed by atoms with Crippen LogP contribution in [0, 0.1) is 5.92 Å². The Morgan fingerprint density at radius 2 is 2.11 bits per heavy atom. The first kappa shape index (κ1) is 15.0. The van der Waals surface area contributed by atoms with Gasteiger partial charge in [0.15, 0.2) is 0 Å². The van der Waals surface area contributed by atoms with Crippen LogP contribution in [0.4, 0.5) is 0 Å². The third-order valence-corrected chi connectivity index (χ3v) is 3.27. The van der Waals surface area contributed by atoms with Gasteiger partial charge in [-0.2, -0.15) is 0 Å². The maximum Gasteiger partial charge on any atom is 0.310 e. The van der Waals surface area contributed by atoms with E-state index in [2.05, 4.69) is 4.90 Å². The highest BCUT2D eigenvalue weighted by atomic mass is 16.5. The van der Waals surface area contributed by atoms with E-state index in [0.29, 0.717) is 13.0 Å². The van der Waals surface area contributed by atoms with Crippen molar-refractivity contribution in [2.24, 2.45) is 5.92 Å². The SMILES string of the molecule is CCOC(=O)[C@@H]1CCCN(CCC(=O)N(C)C)C1. The Bertz CT molecular complexity index is 292. The van der Waals surface area contributed by atoms with Crippen molar-refractivity contribution in [3.63, 3.8) is 0 Å². The number of carbonyl (C=O) groups excluding carboxylic acids is 2. The van der Waals surface area contributed by atoms with Crippen molar-refractivity contribution in [2.75, 3.05) is 40.3 Å². The van der Waals surface area contributed by atoms with E-state index in [4.69, 9.17) is 4.74 Å². The summed E-state index contributed by atoms with van der Waals surface area (Å²) in [6.07, 6.45) is 2.42. The van der Waals surface area contributed by atoms with Crippen molar-refractivity contribution in [3.05, 3.63) is 0 Å². The Hall–Kier alpha value is -1.10. The zero-order valence-electron chi connectivity index (χ0n) is 11.6. The first-order valence-electron chi connectivity index (χ1n) is 6.63. The maximum absolute atomic E-state index is 11.7. The van der Waals surface area contributed by atoms with Crippen LogP contribution in [0.15, 0.2) is 0 Å². The predicted molar refractivity (Wildman–Crippen MR) is 69.1 cm³/mol. The molecule has 0 aromatic heterocycles. The molecule has 0 unspecified atom stereocenters. The average Bonchev–Trinajstić information content (AvgIpc) is 2.36. The molecule has 0 aromatic rings. The van der Waals surface area contributed by atoms with Gasteiger partial charge >= 0.3 is 5.97 Å². The molecule has 0 aromatic carbocycles. The number of carbonyl (C=O) groups is 2. The number of rotatable bonds is 5. The number of likely N-dealkylation sites (tertiary alicyclic amines) is 1. The van der Waals surface area contributed by atoms with Gasteiger partial charge in [0.1, 0.15) is 0 Å². The topological polar surface area (TPSA) is 49.9 Å². The van der Waals surface area contributed by atoms with Crippen LogP contribution in [0.5, 0.6) is 0 Å². The molecule has 1 rings (SSSR count). The van der Waals surface area contributed by atoms with E-state index in [9.17, 15) is 9.59 Å². The van der Waals surface area contributed by atoms with Crippen LogP contribution in [-0.4, -0.2) is 62.0 Å². The molecule has 1 amide bonds. The van der Waals surface area contributed by atoms with Crippen LogP contribution >= 0.6 is 0 Å². The molecule has 0 saturated carbocycles. The number of piperidine rings is 1. The van der Waals surface area contributed by atoms with Gasteiger partial charge < -0.3 is 14.5 Å². The molecule has 1 aliphatic rings. The van der Waals surface area contributed by atoms with Crippen molar-refractivity contribution in [2.45, 2.75) is 26.2 Å². The smallest absolute Gasteiger partial charge is 0.310 e. The minimum absolute atomic E-state index is 0.0202. The fourth-order valence-electron chi connectivity index (χ4n) is 2.19. The molecular formula is C13H24N2O3. The van der Waals surface area contributed by atoms with Crippen molar-refractivity contribution < 1.29 is 14.3 Å². The molecule has 0 radical (unpaired) electrons. The maximum atomic E-state index is 11.7. The molecule has 0 aliphatic carbocycles. The summed E-state index contributed by atoms with van der Waals surface area (Å²) >= 11 is 0. The van der Waals surface area contributed by atoms with Crippen LogP contribution in [-0.2, 0) is 14.3 Å². The number of amides is 1. The van der Waals surface area contributed by atoms with Gasteiger partial charge in [-0.3, -0.25) is 9.59 Å². The van der Waals surface area contributed by atoms with Gasteiger partial charge in [0.25, 0.3) is 0 Å². The van der Waals surface area contributed by atoms with Crippen LogP contribution in [0.25, 0.3) is 0 Å². The number of hydrogen-bond donors (Lipinski definition) is 0. The third-order valence-electron chi connectivity index (χ3n) is 3.27. The van der Waals surface area contributed by atoms with E-state index in [1.54, 1.807) is 19.0 Å². The molecule has 0 N–H and O–H groups in total. The van der Waals surface area contributed by atoms with E-state index in [1.807, 2.05) is 6.92 Å². The lowest BCUT2D eigenvalue weighted by molar-refractivity contribution is -0.149. The largest absolute Gasteiger partial charge is 0.466 e. The first-order valence-corrected chi connectivity index (χ1v) is 6.63. The lowest BCUT2D eigenvalue weighted by Gasteiger charge is -2.31. The van der Waals surface area contributed by atoms with Crippen LogP contribution in [0.2, 0.25) is 0 Å². The predicted octanol–water partition coefficient (Wildman–Crippen LogP) is 0.740. The minimum atomic E-state index is -0.0962. The monoisotopic (exact) mass is 256 g/mol. The molecule has 0 bridgehead atoms. The van der Waals surface area contributed by atoms with Crippen LogP contribution < -0.4 is 0 Å². The van der Waals surface area contributed by atoms with Crippen molar-refractivity contribution in [3.8, 4) is 0 Å². The molecular weight excluding hydrogens is 232 g/mol. The van der Waals surface area contributed by atoms with E-state index < -0.39 is 0 Å². The Kier molecular flexibility index (Phi) is 6.12. The van der Waals surface area contributed by atoms with Crippen LogP contribution in [0.3, 0.4) is 0 Å². The fourth-order valence-corrected chi connectivity index (χ4v) is 2.19. The molecule has 1 atom stereocenters. The molecule has 1 saturated heterocycles. The summed E-state index contributed by atoms with van der Waals surface area (Å²) in [5.41, 5.74) is 0. The summed E-state index contributed by atoms with van der Waals surface area (Å²) in [5.74, 6) is 0.0163. The Morgan fingerprint density at radius 3 is 2.72 bits per heavy atom. The van der Waals surface area contributed by atoms with Crippen molar-refractivity contribution in [1.29, 1.82) is 0 Å². The number of ether oxygens (including phenoxy) is 1. The van der Waals surface area contributed by atoms with E-state index in [-0.39, 0.29) is 17.8 Å². The standard InChI is InChI=1S/C13H24N2O3/c1-4-18-13(17)11-6-5-8-15(10-11)9-7-12(16)14(2)3/h11H,4-10H2,1-3H3/t11-/m1/s1. The third kappa shape index (κ3) is 4.64. The summed E-state index contributed by atoms with van der Waals surface area (Å²) < 4.78 is 5.05. The van der Waals surface area contributed by atoms with Crippen molar-refractivity contribution >= 4 is 11.9 Å². The zero-order chi connectivity index (χ0) is 13.5. The van der Waals surface area contributed by atoms with Gasteiger partial charge in [-0.15, -0.1) is 0 Å². The average molecular weight is 256 g/mol. The Balaban J connectivity index is 2.35. The second-order valence-electron chi connectivity index (χ2n) is 4.93. The molecule has 18 heavy (non-hydrogen) atoms. The summed E-state index contributed by atoms with van der Waals surface area (Å²) in [5, 5.41) is 0. The Labute approximate surface area is 109 Å². The number of esters is 1. The second-order valence-corrected chi connectivity index (χ2v) is 4.93.